The molecule has 4 aromatic rings. The molecule has 6 nitrogen and oxygen atoms in total. The molecule has 0 atom stereocenters. The molecule has 5 rings (SSSR count). The van der Waals surface area contributed by atoms with Crippen LogP contribution in [0.25, 0.3) is 28.1 Å². The zero-order valence-electron chi connectivity index (χ0n) is 20.6. The monoisotopic (exact) mass is 457 g/mol. The average Bonchev–Trinajstić information content (AvgIpc) is 3.15. The molecule has 0 bridgehead atoms. The Hall–Kier alpha value is -3.54. The largest absolute Gasteiger partial charge is 0.507 e. The summed E-state index contributed by atoms with van der Waals surface area (Å²) in [5.74, 6) is 2.54. The van der Waals surface area contributed by atoms with E-state index in [2.05, 4.69) is 63.2 Å². The molecule has 0 saturated heterocycles. The maximum Gasteiger partial charge on any atom is 0.163 e. The van der Waals surface area contributed by atoms with Crippen molar-refractivity contribution in [3.05, 3.63) is 59.9 Å². The van der Waals surface area contributed by atoms with Crippen LogP contribution >= 0.6 is 0 Å². The van der Waals surface area contributed by atoms with E-state index in [9.17, 15) is 5.11 Å². The third-order valence-corrected chi connectivity index (χ3v) is 6.21. The smallest absolute Gasteiger partial charge is 0.163 e. The molecule has 0 fully saturated rings. The third-order valence-electron chi connectivity index (χ3n) is 6.21. The van der Waals surface area contributed by atoms with Crippen LogP contribution < -0.4 is 9.47 Å². The molecular weight excluding hydrogens is 426 g/mol. The first-order valence-corrected chi connectivity index (χ1v) is 11.6. The van der Waals surface area contributed by atoms with Crippen LogP contribution in [0.3, 0.4) is 0 Å². The van der Waals surface area contributed by atoms with Gasteiger partial charge in [-0.1, -0.05) is 41.5 Å². The number of phenolic OH excluding ortho intramolecular Hbond substituents is 1. The first-order chi connectivity index (χ1) is 16.0. The van der Waals surface area contributed by atoms with Gasteiger partial charge < -0.3 is 14.6 Å². The topological polar surface area (TPSA) is 69.4 Å². The molecule has 0 spiro atoms. The fourth-order valence-electron chi connectivity index (χ4n) is 4.46. The van der Waals surface area contributed by atoms with Crippen molar-refractivity contribution in [2.45, 2.75) is 52.4 Å². The third kappa shape index (κ3) is 3.77. The predicted octanol–water partition coefficient (Wildman–Crippen LogP) is 6.16. The fourth-order valence-corrected chi connectivity index (χ4v) is 4.46. The van der Waals surface area contributed by atoms with Gasteiger partial charge in [-0.25, -0.2) is 4.98 Å². The molecule has 6 heteroatoms. The normalized spacial score (nSPS) is 13.9. The van der Waals surface area contributed by atoms with Crippen LogP contribution in [0.2, 0.25) is 0 Å². The summed E-state index contributed by atoms with van der Waals surface area (Å²) in [6, 6.07) is 12.0. The van der Waals surface area contributed by atoms with Gasteiger partial charge in [-0.2, -0.15) is 0 Å². The molecule has 1 aliphatic rings. The minimum atomic E-state index is -0.249. The second-order valence-electron chi connectivity index (χ2n) is 10.9. The summed E-state index contributed by atoms with van der Waals surface area (Å²) in [5, 5.41) is 11.3. The molecule has 2 aromatic heterocycles. The van der Waals surface area contributed by atoms with Crippen molar-refractivity contribution in [2.24, 2.45) is 0 Å². The van der Waals surface area contributed by atoms with E-state index in [0.29, 0.717) is 30.5 Å². The number of benzene rings is 2. The lowest BCUT2D eigenvalue weighted by atomic mass is 9.79. The number of aromatic nitrogens is 3. The summed E-state index contributed by atoms with van der Waals surface area (Å²) >= 11 is 0. The molecular formula is C28H31N3O3. The molecule has 0 saturated carbocycles. The summed E-state index contributed by atoms with van der Waals surface area (Å²) in [4.78, 5) is 9.33. The number of aromatic hydroxyl groups is 1. The number of ether oxygens (including phenoxy) is 2. The zero-order valence-corrected chi connectivity index (χ0v) is 20.6. The summed E-state index contributed by atoms with van der Waals surface area (Å²) < 4.78 is 13.8. The Morgan fingerprint density at radius 2 is 1.50 bits per heavy atom. The maximum absolute atomic E-state index is 11.3. The number of phenols is 1. The van der Waals surface area contributed by atoms with Crippen molar-refractivity contribution >= 4 is 11.0 Å². The molecule has 1 N–H and O–H groups in total. The predicted molar refractivity (Wildman–Crippen MR) is 134 cm³/mol. The highest BCUT2D eigenvalue weighted by Gasteiger charge is 2.28. The van der Waals surface area contributed by atoms with E-state index in [-0.39, 0.29) is 10.8 Å². The maximum atomic E-state index is 11.3. The van der Waals surface area contributed by atoms with Gasteiger partial charge >= 0.3 is 0 Å². The van der Waals surface area contributed by atoms with Crippen LogP contribution in [0.4, 0.5) is 0 Å². The molecule has 0 aliphatic carbocycles. The highest BCUT2D eigenvalue weighted by Crippen LogP contribution is 2.43. The van der Waals surface area contributed by atoms with Gasteiger partial charge in [-0.05, 0) is 35.1 Å². The Morgan fingerprint density at radius 3 is 2.06 bits per heavy atom. The number of pyridine rings is 1. The van der Waals surface area contributed by atoms with Crippen LogP contribution in [0.15, 0.2) is 48.8 Å². The standard InChI is InChI=1S/C28H31N3O3/c1-27(2,3)19-12-18(13-20(25(19)32)28(4,5)6)31-22-15-24-23(33-10-11-34-24)14-21(22)30-26(31)17-8-7-9-29-16-17/h7-9,12-16,32H,10-11H2,1-6H3. The molecule has 0 unspecified atom stereocenters. The highest BCUT2D eigenvalue weighted by atomic mass is 16.6. The van der Waals surface area contributed by atoms with Crippen molar-refractivity contribution in [1.82, 2.24) is 14.5 Å². The van der Waals surface area contributed by atoms with Crippen LogP contribution in [-0.4, -0.2) is 32.9 Å². The van der Waals surface area contributed by atoms with E-state index in [1.165, 1.54) is 0 Å². The Labute approximate surface area is 200 Å². The van der Waals surface area contributed by atoms with Gasteiger partial charge in [0.2, 0.25) is 0 Å². The van der Waals surface area contributed by atoms with Crippen molar-refractivity contribution in [3.63, 3.8) is 0 Å². The number of fused-ring (bicyclic) bond motifs is 2. The number of hydrogen-bond donors (Lipinski definition) is 1. The molecule has 176 valence electrons. The first-order valence-electron chi connectivity index (χ1n) is 11.6. The lowest BCUT2D eigenvalue weighted by Gasteiger charge is -2.28. The molecule has 0 radical (unpaired) electrons. The summed E-state index contributed by atoms with van der Waals surface area (Å²) in [6.45, 7) is 13.8. The van der Waals surface area contributed by atoms with Crippen molar-refractivity contribution in [2.75, 3.05) is 13.2 Å². The Kier molecular flexibility index (Phi) is 5.08. The summed E-state index contributed by atoms with van der Waals surface area (Å²) in [5.41, 5.74) is 4.85. The van der Waals surface area contributed by atoms with Crippen LogP contribution in [0, 0.1) is 0 Å². The van der Waals surface area contributed by atoms with Crippen molar-refractivity contribution in [3.8, 4) is 34.3 Å². The Morgan fingerprint density at radius 1 is 0.882 bits per heavy atom. The number of hydrogen-bond acceptors (Lipinski definition) is 5. The molecule has 34 heavy (non-hydrogen) atoms. The van der Waals surface area contributed by atoms with E-state index in [0.717, 1.165) is 39.2 Å². The van der Waals surface area contributed by atoms with Gasteiger partial charge in [0.1, 0.15) is 24.8 Å². The SMILES string of the molecule is CC(C)(C)c1cc(-n2c(-c3cccnc3)nc3cc4c(cc32)OCCO4)cc(C(C)(C)C)c1O. The van der Waals surface area contributed by atoms with E-state index in [1.807, 2.05) is 30.5 Å². The molecule has 2 aromatic carbocycles. The number of nitrogens with zero attached hydrogens (tertiary/aromatic N) is 3. The number of rotatable bonds is 2. The minimum Gasteiger partial charge on any atom is -0.507 e. The average molecular weight is 458 g/mol. The molecule has 3 heterocycles. The van der Waals surface area contributed by atoms with Gasteiger partial charge in [0.25, 0.3) is 0 Å². The van der Waals surface area contributed by atoms with E-state index < -0.39 is 0 Å². The molecule has 0 amide bonds. The van der Waals surface area contributed by atoms with Gasteiger partial charge in [0.15, 0.2) is 11.5 Å². The van der Waals surface area contributed by atoms with Gasteiger partial charge in [0.05, 0.1) is 11.0 Å². The van der Waals surface area contributed by atoms with Crippen LogP contribution in [0.1, 0.15) is 52.7 Å². The number of imidazole rings is 1. The van der Waals surface area contributed by atoms with Gasteiger partial charge in [0, 0.05) is 46.9 Å². The van der Waals surface area contributed by atoms with E-state index in [1.54, 1.807) is 6.20 Å². The van der Waals surface area contributed by atoms with Crippen molar-refractivity contribution < 1.29 is 14.6 Å². The van der Waals surface area contributed by atoms with Crippen molar-refractivity contribution in [1.29, 1.82) is 0 Å². The first kappa shape index (κ1) is 22.3. The minimum absolute atomic E-state index is 0.249. The van der Waals surface area contributed by atoms with Gasteiger partial charge in [-0.15, -0.1) is 0 Å². The van der Waals surface area contributed by atoms with Crippen LogP contribution in [-0.2, 0) is 10.8 Å². The zero-order chi connectivity index (χ0) is 24.3. The summed E-state index contributed by atoms with van der Waals surface area (Å²) in [7, 11) is 0. The lowest BCUT2D eigenvalue weighted by molar-refractivity contribution is 0.172. The second-order valence-corrected chi connectivity index (χ2v) is 10.9. The highest BCUT2D eigenvalue weighted by molar-refractivity contribution is 5.86. The Balaban J connectivity index is 1.87. The quantitative estimate of drug-likeness (QED) is 0.390. The Bertz CT molecular complexity index is 1340. The fraction of sp³-hybridized carbons (Fsp3) is 0.357. The molecule has 1 aliphatic heterocycles. The van der Waals surface area contributed by atoms with Gasteiger partial charge in [-0.3, -0.25) is 9.55 Å². The van der Waals surface area contributed by atoms with E-state index in [4.69, 9.17) is 14.5 Å². The lowest BCUT2D eigenvalue weighted by Crippen LogP contribution is -2.18. The second kappa shape index (κ2) is 7.76. The van der Waals surface area contributed by atoms with Crippen LogP contribution in [0.5, 0.6) is 17.2 Å². The van der Waals surface area contributed by atoms with E-state index >= 15 is 0 Å². The summed E-state index contributed by atoms with van der Waals surface area (Å²) in [6.07, 6.45) is 3.58.